The Bertz CT molecular complexity index is 1640. The average Bonchev–Trinajstić information content (AvgIpc) is 3.12. The highest BCUT2D eigenvalue weighted by atomic mass is 35.5. The van der Waals surface area contributed by atoms with Gasteiger partial charge in [0.1, 0.15) is 6.04 Å². The number of methoxy groups -OCH3 is 1. The van der Waals surface area contributed by atoms with E-state index in [1.807, 2.05) is 41.3 Å². The van der Waals surface area contributed by atoms with Crippen molar-refractivity contribution in [3.63, 3.8) is 0 Å². The Morgan fingerprint density at radius 1 is 0.979 bits per heavy atom. The van der Waals surface area contributed by atoms with E-state index < -0.39 is 12.1 Å². The minimum absolute atomic E-state index is 0.00391. The second kappa shape index (κ2) is 14.8. The molecule has 0 radical (unpaired) electrons. The van der Waals surface area contributed by atoms with Crippen molar-refractivity contribution in [2.45, 2.75) is 37.9 Å². The average molecular weight is 675 g/mol. The van der Waals surface area contributed by atoms with Gasteiger partial charge in [-0.3, -0.25) is 15.1 Å². The van der Waals surface area contributed by atoms with Crippen LogP contribution in [0.1, 0.15) is 24.0 Å². The molecular formula is C34H39ClN8O5. The smallest absolute Gasteiger partial charge is 0.411 e. The SMILES string of the molecule is COC(=O)Nc1ccc(CC(NC(=O)N2CCC(N3Cc4ccccc4NC3=O)CC2)C(=O)N2CCN(c3ccncc3)CC2)cc1Cl. The number of piperidine rings is 1. The highest BCUT2D eigenvalue weighted by Gasteiger charge is 2.35. The predicted molar refractivity (Wildman–Crippen MR) is 182 cm³/mol. The maximum absolute atomic E-state index is 14.0. The molecule has 0 aliphatic carbocycles. The molecule has 6 amide bonds. The van der Waals surface area contributed by atoms with Gasteiger partial charge < -0.3 is 35.0 Å². The molecule has 48 heavy (non-hydrogen) atoms. The number of carbonyl (C=O) groups is 4. The van der Waals surface area contributed by atoms with Gasteiger partial charge in [0, 0.05) is 82.0 Å². The van der Waals surface area contributed by atoms with E-state index in [4.69, 9.17) is 11.6 Å². The number of para-hydroxylation sites is 1. The van der Waals surface area contributed by atoms with Gasteiger partial charge in [0.25, 0.3) is 0 Å². The Balaban J connectivity index is 1.11. The molecule has 1 aromatic heterocycles. The number of hydrogen-bond acceptors (Lipinski definition) is 7. The Labute approximate surface area is 284 Å². The third-order valence-electron chi connectivity index (χ3n) is 9.16. The third-order valence-corrected chi connectivity index (χ3v) is 9.48. The van der Waals surface area contributed by atoms with E-state index in [1.54, 1.807) is 40.4 Å². The number of nitrogens with one attached hydrogen (secondary N) is 3. The van der Waals surface area contributed by atoms with Crippen LogP contribution in [0.5, 0.6) is 0 Å². The van der Waals surface area contributed by atoms with Gasteiger partial charge in [-0.15, -0.1) is 0 Å². The summed E-state index contributed by atoms with van der Waals surface area (Å²) in [6, 6.07) is 15.4. The number of anilines is 3. The van der Waals surface area contributed by atoms with Crippen molar-refractivity contribution in [2.75, 3.05) is 61.9 Å². The van der Waals surface area contributed by atoms with Crippen molar-refractivity contribution in [3.05, 3.63) is 83.1 Å². The molecule has 0 spiro atoms. The minimum Gasteiger partial charge on any atom is -0.453 e. The van der Waals surface area contributed by atoms with Gasteiger partial charge >= 0.3 is 18.2 Å². The Morgan fingerprint density at radius 2 is 1.71 bits per heavy atom. The van der Waals surface area contributed by atoms with E-state index in [2.05, 4.69) is 30.6 Å². The molecule has 14 heteroatoms. The number of pyridine rings is 1. The lowest BCUT2D eigenvalue weighted by atomic mass is 10.0. The van der Waals surface area contributed by atoms with Gasteiger partial charge in [-0.25, -0.2) is 14.4 Å². The van der Waals surface area contributed by atoms with E-state index in [0.29, 0.717) is 64.3 Å². The zero-order valence-corrected chi connectivity index (χ0v) is 27.5. The summed E-state index contributed by atoms with van der Waals surface area (Å²) in [5.74, 6) is -0.177. The van der Waals surface area contributed by atoms with Crippen LogP contribution in [-0.4, -0.2) is 102 Å². The molecule has 13 nitrogen and oxygen atoms in total. The molecule has 252 valence electrons. The number of benzene rings is 2. The molecule has 1 atom stereocenters. The lowest BCUT2D eigenvalue weighted by Gasteiger charge is -2.41. The number of rotatable bonds is 7. The number of urea groups is 2. The van der Waals surface area contributed by atoms with Gasteiger partial charge in [-0.2, -0.15) is 0 Å². The zero-order chi connectivity index (χ0) is 33.6. The Morgan fingerprint density at radius 3 is 2.42 bits per heavy atom. The normalized spacial score (nSPS) is 17.2. The van der Waals surface area contributed by atoms with Gasteiger partial charge in [0.15, 0.2) is 0 Å². The molecule has 3 aliphatic rings. The maximum Gasteiger partial charge on any atom is 0.411 e. The summed E-state index contributed by atoms with van der Waals surface area (Å²) >= 11 is 6.46. The number of piperazine rings is 1. The summed E-state index contributed by atoms with van der Waals surface area (Å²) in [6.45, 7) is 3.74. The van der Waals surface area contributed by atoms with E-state index in [9.17, 15) is 19.2 Å². The standard InChI is InChI=1S/C34H39ClN8O5/c1-48-34(47)39-29-7-6-23(20-27(29)35)21-30(31(44)41-18-16-40(17-19-41)25-8-12-36-13-9-25)38-32(45)42-14-10-26(11-15-42)43-22-24-4-2-3-5-28(24)37-33(43)46/h2-9,12-13,20,26,30H,10-11,14-19,21-22H2,1H3,(H,37,46)(H,38,45)(H,39,47). The van der Waals surface area contributed by atoms with Crippen LogP contribution in [-0.2, 0) is 22.5 Å². The number of fused-ring (bicyclic) bond motifs is 1. The number of carbonyl (C=O) groups excluding carboxylic acids is 4. The minimum atomic E-state index is -0.845. The molecule has 3 aliphatic heterocycles. The number of halogens is 1. The molecule has 3 N–H and O–H groups in total. The van der Waals surface area contributed by atoms with E-state index in [1.165, 1.54) is 7.11 Å². The molecule has 4 heterocycles. The van der Waals surface area contributed by atoms with Crippen LogP contribution >= 0.6 is 11.6 Å². The number of aromatic nitrogens is 1. The lowest BCUT2D eigenvalue weighted by Crippen LogP contribution is -2.58. The van der Waals surface area contributed by atoms with Crippen molar-refractivity contribution >= 4 is 52.7 Å². The molecule has 6 rings (SSSR count). The molecule has 0 bridgehead atoms. The highest BCUT2D eigenvalue weighted by Crippen LogP contribution is 2.28. The first kappa shape index (κ1) is 32.9. The fourth-order valence-corrected chi connectivity index (χ4v) is 6.73. The Hall–Kier alpha value is -5.04. The molecule has 2 aromatic carbocycles. The lowest BCUT2D eigenvalue weighted by molar-refractivity contribution is -0.133. The Kier molecular flexibility index (Phi) is 10.1. The van der Waals surface area contributed by atoms with E-state index >= 15 is 0 Å². The molecule has 0 saturated carbocycles. The first-order valence-corrected chi connectivity index (χ1v) is 16.4. The summed E-state index contributed by atoms with van der Waals surface area (Å²) in [5.41, 5.74) is 4.04. The zero-order valence-electron chi connectivity index (χ0n) is 26.7. The first-order chi connectivity index (χ1) is 23.3. The number of ether oxygens (including phenoxy) is 1. The number of amides is 6. The van der Waals surface area contributed by atoms with Crippen LogP contribution in [0, 0.1) is 0 Å². The molecular weight excluding hydrogens is 636 g/mol. The van der Waals surface area contributed by atoms with Crippen molar-refractivity contribution in [1.29, 1.82) is 0 Å². The summed E-state index contributed by atoms with van der Waals surface area (Å²) in [6.07, 6.45) is 4.31. The van der Waals surface area contributed by atoms with Crippen molar-refractivity contribution < 1.29 is 23.9 Å². The fourth-order valence-electron chi connectivity index (χ4n) is 6.48. The largest absolute Gasteiger partial charge is 0.453 e. The van der Waals surface area contributed by atoms with Crippen molar-refractivity contribution in [3.8, 4) is 0 Å². The monoisotopic (exact) mass is 674 g/mol. The molecule has 2 saturated heterocycles. The van der Waals surface area contributed by atoms with Crippen LogP contribution < -0.4 is 20.9 Å². The predicted octanol–water partition coefficient (Wildman–Crippen LogP) is 4.39. The summed E-state index contributed by atoms with van der Waals surface area (Å²) in [5, 5.41) is 8.84. The summed E-state index contributed by atoms with van der Waals surface area (Å²) in [4.78, 5) is 63.9. The van der Waals surface area contributed by atoms with Crippen molar-refractivity contribution in [1.82, 2.24) is 25.0 Å². The van der Waals surface area contributed by atoms with Crippen LogP contribution in [0.4, 0.5) is 31.4 Å². The van der Waals surface area contributed by atoms with Gasteiger partial charge in [0.2, 0.25) is 5.91 Å². The van der Waals surface area contributed by atoms with Crippen LogP contribution in [0.15, 0.2) is 67.0 Å². The molecule has 1 unspecified atom stereocenters. The van der Waals surface area contributed by atoms with Crippen LogP contribution in [0.3, 0.4) is 0 Å². The quantitative estimate of drug-likeness (QED) is 0.338. The van der Waals surface area contributed by atoms with Gasteiger partial charge in [-0.05, 0) is 54.3 Å². The fraction of sp³-hybridized carbons (Fsp3) is 0.382. The van der Waals surface area contributed by atoms with Crippen LogP contribution in [0.25, 0.3) is 0 Å². The second-order valence-electron chi connectivity index (χ2n) is 12.1. The first-order valence-electron chi connectivity index (χ1n) is 16.1. The molecule has 2 fully saturated rings. The van der Waals surface area contributed by atoms with Gasteiger partial charge in [0.05, 0.1) is 17.8 Å². The topological polar surface area (TPSA) is 139 Å². The van der Waals surface area contributed by atoms with Crippen LogP contribution in [0.2, 0.25) is 5.02 Å². The van der Waals surface area contributed by atoms with E-state index in [0.717, 1.165) is 22.5 Å². The number of hydrogen-bond donors (Lipinski definition) is 3. The summed E-state index contributed by atoms with van der Waals surface area (Å²) < 4.78 is 4.66. The maximum atomic E-state index is 14.0. The number of likely N-dealkylation sites (tertiary alicyclic amines) is 1. The third kappa shape index (κ3) is 7.57. The second-order valence-corrected chi connectivity index (χ2v) is 12.5. The van der Waals surface area contributed by atoms with E-state index in [-0.39, 0.29) is 35.5 Å². The number of nitrogens with zero attached hydrogens (tertiary/aromatic N) is 5. The van der Waals surface area contributed by atoms with Crippen molar-refractivity contribution in [2.24, 2.45) is 0 Å². The highest BCUT2D eigenvalue weighted by molar-refractivity contribution is 6.33. The van der Waals surface area contributed by atoms with Gasteiger partial charge in [-0.1, -0.05) is 35.9 Å². The molecule has 3 aromatic rings. The summed E-state index contributed by atoms with van der Waals surface area (Å²) in [7, 11) is 1.26.